The average molecular weight is 353 g/mol. The van der Waals surface area contributed by atoms with Crippen LogP contribution in [0, 0.1) is 11.6 Å². The van der Waals surface area contributed by atoms with Gasteiger partial charge in [-0.25, -0.2) is 8.78 Å². The number of nitrogens with two attached hydrogens (primary N) is 1. The van der Waals surface area contributed by atoms with E-state index >= 15 is 0 Å². The van der Waals surface area contributed by atoms with Crippen LogP contribution in [0.4, 0.5) is 14.5 Å². The Bertz CT molecular complexity index is 822. The molecule has 2 heterocycles. The van der Waals surface area contributed by atoms with Gasteiger partial charge < -0.3 is 10.3 Å². The summed E-state index contributed by atoms with van der Waals surface area (Å²) in [6, 6.07) is 3.97. The lowest BCUT2D eigenvalue weighted by Crippen LogP contribution is -1.91. The van der Waals surface area contributed by atoms with Crippen LogP contribution in [0.5, 0.6) is 0 Å². The van der Waals surface area contributed by atoms with Gasteiger partial charge in [0, 0.05) is 18.0 Å². The molecule has 8 heteroatoms. The Labute approximate surface area is 125 Å². The Balaban J connectivity index is 2.05. The first-order valence-corrected chi connectivity index (χ1v) is 6.54. The number of nitrogen functional groups attached to an aromatic ring is 1. The second-order valence-electron chi connectivity index (χ2n) is 4.15. The third kappa shape index (κ3) is 2.49. The molecule has 106 valence electrons. The molecule has 2 aromatic heterocycles. The van der Waals surface area contributed by atoms with Gasteiger partial charge in [0.1, 0.15) is 0 Å². The van der Waals surface area contributed by atoms with Crippen molar-refractivity contribution in [1.29, 1.82) is 0 Å². The maximum atomic E-state index is 13.5. The molecular weight excluding hydrogens is 346 g/mol. The maximum Gasteiger partial charge on any atom is 0.259 e. The zero-order valence-electron chi connectivity index (χ0n) is 10.3. The molecule has 0 saturated heterocycles. The largest absolute Gasteiger partial charge is 0.397 e. The summed E-state index contributed by atoms with van der Waals surface area (Å²) in [6.45, 7) is 0. The predicted octanol–water partition coefficient (Wildman–Crippen LogP) is 3.42. The van der Waals surface area contributed by atoms with Crippen LogP contribution in [0.1, 0.15) is 0 Å². The van der Waals surface area contributed by atoms with E-state index in [1.807, 2.05) is 0 Å². The van der Waals surface area contributed by atoms with Crippen molar-refractivity contribution in [2.75, 3.05) is 5.73 Å². The molecule has 0 radical (unpaired) electrons. The second kappa shape index (κ2) is 5.21. The van der Waals surface area contributed by atoms with Crippen LogP contribution in [-0.2, 0) is 0 Å². The number of anilines is 1. The molecule has 0 fully saturated rings. The second-order valence-corrected chi connectivity index (χ2v) is 4.95. The molecule has 0 spiro atoms. The summed E-state index contributed by atoms with van der Waals surface area (Å²) in [6.07, 6.45) is 2.99. The molecule has 2 N–H and O–H groups in total. The first-order chi connectivity index (χ1) is 10.1. The van der Waals surface area contributed by atoms with Gasteiger partial charge in [-0.15, -0.1) is 0 Å². The third-order valence-corrected chi connectivity index (χ3v) is 3.48. The fourth-order valence-electron chi connectivity index (χ4n) is 1.72. The number of aromatic nitrogens is 3. The van der Waals surface area contributed by atoms with E-state index in [4.69, 9.17) is 10.3 Å². The summed E-state index contributed by atoms with van der Waals surface area (Å²) in [5.74, 6) is -1.67. The summed E-state index contributed by atoms with van der Waals surface area (Å²) >= 11 is 2.98. The Kier molecular flexibility index (Phi) is 3.38. The monoisotopic (exact) mass is 352 g/mol. The van der Waals surface area contributed by atoms with Gasteiger partial charge in [-0.2, -0.15) is 4.98 Å². The van der Waals surface area contributed by atoms with E-state index in [2.05, 4.69) is 31.1 Å². The molecule has 0 atom stereocenters. The number of hydrogen-bond acceptors (Lipinski definition) is 5. The Morgan fingerprint density at radius 3 is 2.76 bits per heavy atom. The van der Waals surface area contributed by atoms with Gasteiger partial charge in [0.2, 0.25) is 5.82 Å². The van der Waals surface area contributed by atoms with Crippen LogP contribution in [0.25, 0.3) is 22.8 Å². The molecule has 3 aromatic rings. The van der Waals surface area contributed by atoms with E-state index in [1.165, 1.54) is 18.5 Å². The van der Waals surface area contributed by atoms with E-state index in [0.717, 1.165) is 6.07 Å². The van der Waals surface area contributed by atoms with Crippen molar-refractivity contribution in [2.24, 2.45) is 0 Å². The maximum absolute atomic E-state index is 13.5. The average Bonchev–Trinajstić information content (AvgIpc) is 2.94. The number of benzene rings is 1. The van der Waals surface area contributed by atoms with Crippen molar-refractivity contribution >= 4 is 21.6 Å². The molecule has 0 aliphatic carbocycles. The zero-order valence-corrected chi connectivity index (χ0v) is 11.9. The molecule has 0 aliphatic rings. The summed E-state index contributed by atoms with van der Waals surface area (Å²) in [5, 5.41) is 3.75. The predicted molar refractivity (Wildman–Crippen MR) is 75.0 cm³/mol. The van der Waals surface area contributed by atoms with Crippen molar-refractivity contribution in [1.82, 2.24) is 15.1 Å². The van der Waals surface area contributed by atoms with Crippen molar-refractivity contribution < 1.29 is 13.3 Å². The summed E-state index contributed by atoms with van der Waals surface area (Å²) in [7, 11) is 0. The smallest absolute Gasteiger partial charge is 0.259 e. The van der Waals surface area contributed by atoms with Gasteiger partial charge in [0.15, 0.2) is 11.6 Å². The standard InChI is InChI=1S/C13H7BrF2N4O/c14-10-8(1-2-9(15)11(10)16)12-19-13(21-20-12)6-3-7(17)5-18-4-6/h1-5H,17H2. The zero-order chi connectivity index (χ0) is 15.0. The Hall–Kier alpha value is -2.35. The van der Waals surface area contributed by atoms with Crippen LogP contribution < -0.4 is 5.73 Å². The van der Waals surface area contributed by atoms with Gasteiger partial charge in [-0.05, 0) is 34.1 Å². The van der Waals surface area contributed by atoms with Crippen LogP contribution in [0.2, 0.25) is 0 Å². The van der Waals surface area contributed by atoms with Crippen LogP contribution in [-0.4, -0.2) is 15.1 Å². The van der Waals surface area contributed by atoms with Gasteiger partial charge in [0.05, 0.1) is 15.7 Å². The van der Waals surface area contributed by atoms with E-state index in [-0.39, 0.29) is 21.8 Å². The highest BCUT2D eigenvalue weighted by Crippen LogP contribution is 2.31. The molecule has 0 unspecified atom stereocenters. The van der Waals surface area contributed by atoms with Crippen LogP contribution >= 0.6 is 15.9 Å². The minimum atomic E-state index is -1.01. The highest BCUT2D eigenvalue weighted by atomic mass is 79.9. The quantitative estimate of drug-likeness (QED) is 0.715. The summed E-state index contributed by atoms with van der Waals surface area (Å²) < 4.78 is 31.6. The molecule has 21 heavy (non-hydrogen) atoms. The first kappa shape index (κ1) is 13.6. The number of nitrogens with zero attached hydrogens (tertiary/aromatic N) is 3. The summed E-state index contributed by atoms with van der Waals surface area (Å²) in [4.78, 5) is 8.05. The number of halogens is 3. The van der Waals surface area contributed by atoms with E-state index < -0.39 is 11.6 Å². The van der Waals surface area contributed by atoms with E-state index in [9.17, 15) is 8.78 Å². The Morgan fingerprint density at radius 2 is 2.00 bits per heavy atom. The number of rotatable bonds is 2. The topological polar surface area (TPSA) is 77.8 Å². The fraction of sp³-hybridized carbons (Fsp3) is 0. The van der Waals surface area contributed by atoms with Crippen molar-refractivity contribution in [2.45, 2.75) is 0 Å². The molecule has 3 rings (SSSR count). The van der Waals surface area contributed by atoms with Crippen LogP contribution in [0.3, 0.4) is 0 Å². The van der Waals surface area contributed by atoms with Gasteiger partial charge in [0.25, 0.3) is 5.89 Å². The molecule has 0 aliphatic heterocycles. The molecular formula is C13H7BrF2N4O. The van der Waals surface area contributed by atoms with E-state index in [1.54, 1.807) is 6.07 Å². The van der Waals surface area contributed by atoms with Crippen molar-refractivity contribution in [3.8, 4) is 22.8 Å². The minimum absolute atomic E-state index is 0.0689. The molecule has 0 bridgehead atoms. The fourth-order valence-corrected chi connectivity index (χ4v) is 2.22. The minimum Gasteiger partial charge on any atom is -0.397 e. The number of pyridine rings is 1. The lowest BCUT2D eigenvalue weighted by atomic mass is 10.2. The van der Waals surface area contributed by atoms with Crippen LogP contribution in [0.15, 0.2) is 39.6 Å². The van der Waals surface area contributed by atoms with Crippen molar-refractivity contribution in [3.05, 3.63) is 46.7 Å². The molecule has 1 aromatic carbocycles. The van der Waals surface area contributed by atoms with Crippen molar-refractivity contribution in [3.63, 3.8) is 0 Å². The van der Waals surface area contributed by atoms with Gasteiger partial charge >= 0.3 is 0 Å². The lowest BCUT2D eigenvalue weighted by molar-refractivity contribution is 0.432. The summed E-state index contributed by atoms with van der Waals surface area (Å²) in [5.41, 5.74) is 6.88. The molecule has 5 nitrogen and oxygen atoms in total. The lowest BCUT2D eigenvalue weighted by Gasteiger charge is -2.01. The third-order valence-electron chi connectivity index (χ3n) is 2.71. The van der Waals surface area contributed by atoms with Gasteiger partial charge in [-0.3, -0.25) is 4.98 Å². The van der Waals surface area contributed by atoms with E-state index in [0.29, 0.717) is 11.3 Å². The molecule has 0 amide bonds. The first-order valence-electron chi connectivity index (χ1n) is 5.74. The normalized spacial score (nSPS) is 10.8. The number of hydrogen-bond donors (Lipinski definition) is 1. The SMILES string of the molecule is Nc1cncc(-c2nc(-c3ccc(F)c(F)c3Br)no2)c1. The van der Waals surface area contributed by atoms with Gasteiger partial charge in [-0.1, -0.05) is 5.16 Å². The Morgan fingerprint density at radius 1 is 1.19 bits per heavy atom. The molecule has 0 saturated carbocycles. The highest BCUT2D eigenvalue weighted by Gasteiger charge is 2.17. The highest BCUT2D eigenvalue weighted by molar-refractivity contribution is 9.10.